The first-order chi connectivity index (χ1) is 15.6. The van der Waals surface area contributed by atoms with Crippen molar-refractivity contribution in [3.63, 3.8) is 0 Å². The molecule has 2 atom stereocenters. The topological polar surface area (TPSA) is 76.0 Å². The van der Waals surface area contributed by atoms with E-state index in [-0.39, 0.29) is 12.1 Å². The molecule has 0 fully saturated rings. The molecule has 2 amide bonds. The van der Waals surface area contributed by atoms with Gasteiger partial charge in [0.15, 0.2) is 0 Å². The summed E-state index contributed by atoms with van der Waals surface area (Å²) in [6.45, 7) is 0. The van der Waals surface area contributed by atoms with Gasteiger partial charge in [0.05, 0.1) is 16.5 Å². The Hall–Kier alpha value is -3.34. The maximum atomic E-state index is 13.4. The zero-order chi connectivity index (χ0) is 23.8. The monoisotopic (exact) mass is 478 g/mol. The van der Waals surface area contributed by atoms with E-state index in [0.29, 0.717) is 16.3 Å². The molecule has 0 unspecified atom stereocenters. The number of carbonyl (C=O) groups excluding carboxylic acids is 2. The highest BCUT2D eigenvalue weighted by Crippen LogP contribution is 2.40. The number of hydrogen-bond acceptors (Lipinski definition) is 4. The molecule has 0 saturated carbocycles. The Labute approximate surface area is 190 Å². The van der Waals surface area contributed by atoms with Crippen molar-refractivity contribution in [2.24, 2.45) is 7.05 Å². The van der Waals surface area contributed by atoms with E-state index in [4.69, 9.17) is 0 Å². The number of benzene rings is 2. The number of nitrogens with zero attached hydrogens (tertiary/aromatic N) is 2. The lowest BCUT2D eigenvalue weighted by Gasteiger charge is -2.25. The van der Waals surface area contributed by atoms with Gasteiger partial charge in [0, 0.05) is 30.8 Å². The molecular weight excluding hydrogens is 460 g/mol. The lowest BCUT2D eigenvalue weighted by Crippen LogP contribution is -2.37. The van der Waals surface area contributed by atoms with Crippen LogP contribution >= 0.6 is 11.8 Å². The number of nitrogens with one attached hydrogen (secondary N) is 2. The summed E-state index contributed by atoms with van der Waals surface area (Å²) in [5, 5.41) is 4.46. The number of alkyl halides is 3. The van der Waals surface area contributed by atoms with Crippen molar-refractivity contribution in [3.8, 4) is 0 Å². The number of thioether (sulfide) groups is 1. The van der Waals surface area contributed by atoms with Crippen LogP contribution in [0.25, 0.3) is 0 Å². The summed E-state index contributed by atoms with van der Waals surface area (Å²) in [7, 11) is 1.75. The summed E-state index contributed by atoms with van der Waals surface area (Å²) in [4.78, 5) is 30.0. The second-order valence-electron chi connectivity index (χ2n) is 7.46. The van der Waals surface area contributed by atoms with E-state index in [1.165, 1.54) is 30.3 Å². The fraction of sp³-hybridized carbons (Fsp3) is 0.227. The highest BCUT2D eigenvalue weighted by atomic mass is 32.2. The van der Waals surface area contributed by atoms with Crippen molar-refractivity contribution in [2.75, 3.05) is 5.32 Å². The van der Waals surface area contributed by atoms with Gasteiger partial charge in [-0.2, -0.15) is 13.2 Å². The van der Waals surface area contributed by atoms with Crippen LogP contribution in [0.4, 0.5) is 23.2 Å². The first-order valence-electron chi connectivity index (χ1n) is 9.82. The lowest BCUT2D eigenvalue weighted by molar-refractivity contribution is -0.137. The van der Waals surface area contributed by atoms with Crippen LogP contribution < -0.4 is 10.6 Å². The van der Waals surface area contributed by atoms with Crippen molar-refractivity contribution < 1.29 is 27.2 Å². The summed E-state index contributed by atoms with van der Waals surface area (Å²) >= 11 is 1.03. The van der Waals surface area contributed by atoms with Gasteiger partial charge in [-0.05, 0) is 35.9 Å². The standard InChI is InChI=1S/C22H18F4N4O2S/c1-30-9-8-27-20(30)19(12-2-5-14(23)6-3-12)29-18(31)11-17-21(32)28-15-10-13(22(24,25)26)4-7-16(15)33-17/h2-10,17,19H,11H2,1H3,(H,28,32)(H,29,31)/t17-,19-/m0/s1. The summed E-state index contributed by atoms with van der Waals surface area (Å²) in [5.41, 5.74) is -0.200. The van der Waals surface area contributed by atoms with E-state index < -0.39 is 40.7 Å². The van der Waals surface area contributed by atoms with Gasteiger partial charge in [0.1, 0.15) is 17.7 Å². The predicted octanol–water partition coefficient (Wildman–Crippen LogP) is 4.29. The zero-order valence-electron chi connectivity index (χ0n) is 17.2. The lowest BCUT2D eigenvalue weighted by atomic mass is 10.1. The van der Waals surface area contributed by atoms with Gasteiger partial charge in [-0.25, -0.2) is 9.37 Å². The maximum Gasteiger partial charge on any atom is 0.416 e. The van der Waals surface area contributed by atoms with E-state index in [2.05, 4.69) is 15.6 Å². The Morgan fingerprint density at radius 2 is 1.97 bits per heavy atom. The van der Waals surface area contributed by atoms with Gasteiger partial charge >= 0.3 is 6.18 Å². The number of imidazole rings is 1. The van der Waals surface area contributed by atoms with Crippen molar-refractivity contribution in [1.82, 2.24) is 14.9 Å². The minimum atomic E-state index is -4.53. The Morgan fingerprint density at radius 3 is 2.61 bits per heavy atom. The summed E-state index contributed by atoms with van der Waals surface area (Å²) in [5.74, 6) is -0.931. The molecule has 0 aliphatic carbocycles. The van der Waals surface area contributed by atoms with E-state index >= 15 is 0 Å². The molecular formula is C22H18F4N4O2S. The van der Waals surface area contributed by atoms with Crippen LogP contribution in [0.5, 0.6) is 0 Å². The van der Waals surface area contributed by atoms with Crippen molar-refractivity contribution >= 4 is 29.3 Å². The van der Waals surface area contributed by atoms with E-state index in [1.807, 2.05) is 0 Å². The number of hydrogen-bond donors (Lipinski definition) is 2. The molecule has 172 valence electrons. The second kappa shape index (κ2) is 8.89. The number of amides is 2. The second-order valence-corrected chi connectivity index (χ2v) is 8.70. The largest absolute Gasteiger partial charge is 0.416 e. The van der Waals surface area contributed by atoms with Gasteiger partial charge in [0.25, 0.3) is 0 Å². The van der Waals surface area contributed by atoms with Crippen LogP contribution in [0.1, 0.15) is 29.4 Å². The molecule has 2 N–H and O–H groups in total. The molecule has 3 aromatic rings. The van der Waals surface area contributed by atoms with Gasteiger partial charge in [-0.3, -0.25) is 9.59 Å². The normalized spacial score (nSPS) is 16.6. The predicted molar refractivity (Wildman–Crippen MR) is 114 cm³/mol. The van der Waals surface area contributed by atoms with Crippen molar-refractivity contribution in [2.45, 2.75) is 28.8 Å². The molecule has 11 heteroatoms. The molecule has 0 bridgehead atoms. The highest BCUT2D eigenvalue weighted by molar-refractivity contribution is 8.01. The third-order valence-corrected chi connectivity index (χ3v) is 6.40. The average Bonchev–Trinajstić information content (AvgIpc) is 3.18. The fourth-order valence-electron chi connectivity index (χ4n) is 3.46. The molecule has 0 saturated heterocycles. The van der Waals surface area contributed by atoms with Crippen molar-refractivity contribution in [3.05, 3.63) is 77.6 Å². The van der Waals surface area contributed by atoms with Gasteiger partial charge < -0.3 is 15.2 Å². The minimum Gasteiger partial charge on any atom is -0.342 e. The third-order valence-electron chi connectivity index (χ3n) is 5.12. The zero-order valence-corrected chi connectivity index (χ0v) is 18.0. The summed E-state index contributed by atoms with van der Waals surface area (Å²) in [6.07, 6.45) is -1.47. The summed E-state index contributed by atoms with van der Waals surface area (Å²) in [6, 6.07) is 8.02. The quantitative estimate of drug-likeness (QED) is 0.537. The van der Waals surface area contributed by atoms with Crippen LogP contribution in [0.15, 0.2) is 59.8 Å². The number of aromatic nitrogens is 2. The van der Waals surface area contributed by atoms with Crippen LogP contribution in [0, 0.1) is 5.82 Å². The van der Waals surface area contributed by atoms with Crippen LogP contribution in [0.2, 0.25) is 0 Å². The molecule has 1 aromatic heterocycles. The fourth-order valence-corrected chi connectivity index (χ4v) is 4.55. The first kappa shape index (κ1) is 22.8. The first-order valence-corrected chi connectivity index (χ1v) is 10.7. The summed E-state index contributed by atoms with van der Waals surface area (Å²) < 4.78 is 53.9. The number of anilines is 1. The number of carbonyl (C=O) groups is 2. The van der Waals surface area contributed by atoms with Gasteiger partial charge in [-0.1, -0.05) is 12.1 Å². The van der Waals surface area contributed by atoms with Gasteiger partial charge in [-0.15, -0.1) is 11.8 Å². The van der Waals surface area contributed by atoms with E-state index in [0.717, 1.165) is 23.9 Å². The van der Waals surface area contributed by atoms with Crippen LogP contribution in [-0.4, -0.2) is 26.6 Å². The molecule has 1 aliphatic heterocycles. The molecule has 0 spiro atoms. The number of halogens is 4. The molecule has 2 heterocycles. The number of aryl methyl sites for hydroxylation is 1. The Balaban J connectivity index is 1.50. The average molecular weight is 478 g/mol. The van der Waals surface area contributed by atoms with E-state index in [9.17, 15) is 27.2 Å². The molecule has 4 rings (SSSR count). The van der Waals surface area contributed by atoms with Gasteiger partial charge in [0.2, 0.25) is 11.8 Å². The highest BCUT2D eigenvalue weighted by Gasteiger charge is 2.34. The molecule has 1 aliphatic rings. The Bertz CT molecular complexity index is 1190. The maximum absolute atomic E-state index is 13.4. The van der Waals surface area contributed by atoms with Crippen LogP contribution in [-0.2, 0) is 22.8 Å². The Morgan fingerprint density at radius 1 is 1.24 bits per heavy atom. The number of fused-ring (bicyclic) bond motifs is 1. The van der Waals surface area contributed by atoms with E-state index in [1.54, 1.807) is 24.0 Å². The molecule has 6 nitrogen and oxygen atoms in total. The SMILES string of the molecule is Cn1ccnc1[C@@H](NC(=O)C[C@@H]1Sc2ccc(C(F)(F)F)cc2NC1=O)c1ccc(F)cc1. The van der Waals surface area contributed by atoms with Crippen LogP contribution in [0.3, 0.4) is 0 Å². The molecule has 33 heavy (non-hydrogen) atoms. The smallest absolute Gasteiger partial charge is 0.342 e. The third kappa shape index (κ3) is 5.03. The molecule has 2 aromatic carbocycles. The Kier molecular flexibility index (Phi) is 6.15. The number of rotatable bonds is 5. The van der Waals surface area contributed by atoms with Crippen molar-refractivity contribution in [1.29, 1.82) is 0 Å². The molecule has 0 radical (unpaired) electrons. The minimum absolute atomic E-state index is 0.0636.